The number of benzene rings is 6. The van der Waals surface area contributed by atoms with Gasteiger partial charge in [0.15, 0.2) is 23.2 Å². The molecule has 1 saturated heterocycles. The Morgan fingerprint density at radius 1 is 0.615 bits per heavy atom. The van der Waals surface area contributed by atoms with Crippen LogP contribution in [0.25, 0.3) is 11.2 Å². The van der Waals surface area contributed by atoms with Crippen molar-refractivity contribution in [2.75, 3.05) is 39.2 Å². The minimum Gasteiger partial charge on any atom is -0.497 e. The quantitative estimate of drug-likeness (QED) is 0.0859. The number of aromatic nitrogens is 4. The molecule has 0 spiro atoms. The zero-order valence-corrected chi connectivity index (χ0v) is 37.1. The Labute approximate surface area is 380 Å². The zero-order chi connectivity index (χ0) is 44.8. The number of ether oxygens (including phenoxy) is 4. The van der Waals surface area contributed by atoms with Crippen LogP contribution in [-0.2, 0) is 20.6 Å². The molecular weight excluding hydrogens is 813 g/mol. The summed E-state index contributed by atoms with van der Waals surface area (Å²) in [5.74, 6) is 2.03. The third kappa shape index (κ3) is 8.01. The predicted octanol–water partition coefficient (Wildman–Crippen LogP) is 9.22. The van der Waals surface area contributed by atoms with Crippen molar-refractivity contribution in [3.8, 4) is 11.5 Å². The van der Waals surface area contributed by atoms with E-state index in [0.717, 1.165) is 44.9 Å². The lowest BCUT2D eigenvalue weighted by Crippen LogP contribution is -2.47. The fourth-order valence-electron chi connectivity index (χ4n) is 9.51. The van der Waals surface area contributed by atoms with Crippen LogP contribution in [0.2, 0.25) is 0 Å². The average Bonchev–Trinajstić information content (AvgIpc) is 3.96. The lowest BCUT2D eigenvalue weighted by molar-refractivity contribution is -0.0936. The van der Waals surface area contributed by atoms with Crippen LogP contribution >= 0.6 is 0 Å². The predicted molar refractivity (Wildman–Crippen MR) is 253 cm³/mol. The molecule has 0 amide bonds. The van der Waals surface area contributed by atoms with Crippen molar-refractivity contribution >= 4 is 17.0 Å². The number of aliphatic hydroxyl groups excluding tert-OH is 1. The van der Waals surface area contributed by atoms with E-state index in [-0.39, 0.29) is 6.61 Å². The fraction of sp³-hybridized carbons (Fsp3) is 0.241. The Hall–Kier alpha value is -6.89. The number of rotatable bonds is 17. The van der Waals surface area contributed by atoms with Gasteiger partial charge in [0.2, 0.25) is 0 Å². The van der Waals surface area contributed by atoms with Crippen LogP contribution in [0, 0.1) is 0 Å². The van der Waals surface area contributed by atoms with E-state index in [4.69, 9.17) is 33.9 Å². The van der Waals surface area contributed by atoms with Crippen molar-refractivity contribution in [3.05, 3.63) is 216 Å². The van der Waals surface area contributed by atoms with E-state index in [0.29, 0.717) is 30.1 Å². The molecule has 0 bridgehead atoms. The highest BCUT2D eigenvalue weighted by Gasteiger charge is 2.49. The summed E-state index contributed by atoms with van der Waals surface area (Å²) < 4.78 is 27.4. The van der Waals surface area contributed by atoms with E-state index in [2.05, 4.69) is 84.7 Å². The van der Waals surface area contributed by atoms with Crippen molar-refractivity contribution in [1.29, 1.82) is 0 Å². The third-order valence-corrected chi connectivity index (χ3v) is 12.8. The van der Waals surface area contributed by atoms with Gasteiger partial charge in [-0.2, -0.15) is 0 Å². The second kappa shape index (κ2) is 19.1. The van der Waals surface area contributed by atoms with Gasteiger partial charge in [0, 0.05) is 0 Å². The topological polar surface area (TPSA) is 116 Å². The van der Waals surface area contributed by atoms with Gasteiger partial charge < -0.3 is 29.4 Å². The summed E-state index contributed by atoms with van der Waals surface area (Å²) >= 11 is 0. The third-order valence-electron chi connectivity index (χ3n) is 12.8. The average molecular weight is 867 g/mol. The van der Waals surface area contributed by atoms with Crippen molar-refractivity contribution in [2.24, 2.45) is 0 Å². The van der Waals surface area contributed by atoms with Crippen molar-refractivity contribution in [3.63, 3.8) is 0 Å². The van der Waals surface area contributed by atoms with Crippen LogP contribution in [0.1, 0.15) is 53.5 Å². The number of nitrogens with one attached hydrogen (secondary N) is 1. The molecule has 0 aliphatic carbocycles. The van der Waals surface area contributed by atoms with Gasteiger partial charge in [-0.3, -0.25) is 9.47 Å². The Morgan fingerprint density at radius 3 is 1.57 bits per heavy atom. The highest BCUT2D eigenvalue weighted by atomic mass is 16.6. The van der Waals surface area contributed by atoms with E-state index in [1.807, 2.05) is 114 Å². The molecule has 0 unspecified atom stereocenters. The van der Waals surface area contributed by atoms with Crippen LogP contribution in [0.15, 0.2) is 183 Å². The Morgan fingerprint density at radius 2 is 1.08 bits per heavy atom. The number of aliphatic hydroxyl groups is 1. The van der Waals surface area contributed by atoms with Crippen LogP contribution in [0.5, 0.6) is 11.5 Å². The second-order valence-electron chi connectivity index (χ2n) is 16.1. The van der Waals surface area contributed by atoms with E-state index in [9.17, 15) is 5.11 Å². The van der Waals surface area contributed by atoms with Gasteiger partial charge in [-0.25, -0.2) is 15.0 Å². The summed E-state index contributed by atoms with van der Waals surface area (Å²) in [5.41, 5.74) is 4.94. The second-order valence-corrected chi connectivity index (χ2v) is 16.1. The zero-order valence-electron chi connectivity index (χ0n) is 37.1. The van der Waals surface area contributed by atoms with Crippen molar-refractivity contribution in [1.82, 2.24) is 24.4 Å². The van der Waals surface area contributed by atoms with Crippen LogP contribution in [0.4, 0.5) is 5.82 Å². The van der Waals surface area contributed by atoms with Gasteiger partial charge in [0.25, 0.3) is 0 Å². The summed E-state index contributed by atoms with van der Waals surface area (Å²) in [6.45, 7) is 5.63. The van der Waals surface area contributed by atoms with Gasteiger partial charge in [-0.1, -0.05) is 159 Å². The van der Waals surface area contributed by atoms with Gasteiger partial charge >= 0.3 is 0 Å². The largest absolute Gasteiger partial charge is 0.497 e. The molecule has 1 aliphatic heterocycles. The number of imidazole rings is 1. The summed E-state index contributed by atoms with van der Waals surface area (Å²) in [5, 5.41) is 16.4. The first-order valence-electron chi connectivity index (χ1n) is 22.1. The Balaban J connectivity index is 1.12. The van der Waals surface area contributed by atoms with Crippen LogP contribution < -0.4 is 14.8 Å². The Bertz CT molecular complexity index is 2670. The normalized spacial score (nSPS) is 17.6. The molecule has 11 nitrogen and oxygen atoms in total. The molecule has 0 radical (unpaired) electrons. The standard InChI is InChI=1S/C54H54N6O5/c1-5-59(6-2)48-49(61)46(35-64-54(41-23-15-9-16-24-41,42-25-17-10-18-26-42)43-29-33-45(63-4)34-30-43)65-52(48)60-37-57-47-50(55-36-56-51(47)60)58-53(38-19-11-7-12-20-38,39-21-13-8-14-22-39)40-27-31-44(62-3)32-28-40/h7-34,36-37,46,48-49,52,61H,5-6,35H2,1-4H3,(H,55,56,58)/t46-,48-,49-,52-/m1/s1. The first kappa shape index (κ1) is 43.4. The lowest BCUT2D eigenvalue weighted by Gasteiger charge is -2.37. The molecule has 4 atom stereocenters. The highest BCUT2D eigenvalue weighted by molar-refractivity contribution is 5.84. The summed E-state index contributed by atoms with van der Waals surface area (Å²) in [4.78, 5) is 16.9. The number of hydrogen-bond donors (Lipinski definition) is 2. The van der Waals surface area contributed by atoms with Crippen molar-refractivity contribution < 1.29 is 24.1 Å². The molecule has 1 aliphatic rings. The minimum absolute atomic E-state index is 0.0677. The van der Waals surface area contributed by atoms with Crippen molar-refractivity contribution in [2.45, 2.75) is 49.5 Å². The maximum absolute atomic E-state index is 12.5. The minimum atomic E-state index is -1.05. The number of anilines is 1. The van der Waals surface area contributed by atoms with Gasteiger partial charge in [0.1, 0.15) is 41.2 Å². The summed E-state index contributed by atoms with van der Waals surface area (Å²) in [7, 11) is 3.33. The lowest BCUT2D eigenvalue weighted by atomic mass is 9.77. The molecule has 11 heteroatoms. The van der Waals surface area contributed by atoms with Crippen LogP contribution in [0.3, 0.4) is 0 Å². The Kier molecular flexibility index (Phi) is 12.7. The summed E-state index contributed by atoms with van der Waals surface area (Å²) in [6, 6.07) is 56.6. The van der Waals surface area contributed by atoms with E-state index in [1.54, 1.807) is 26.9 Å². The molecular formula is C54H54N6O5. The van der Waals surface area contributed by atoms with Gasteiger partial charge in [-0.05, 0) is 70.7 Å². The number of nitrogens with zero attached hydrogens (tertiary/aromatic N) is 5. The fourth-order valence-corrected chi connectivity index (χ4v) is 9.51. The monoisotopic (exact) mass is 866 g/mol. The van der Waals surface area contributed by atoms with Crippen LogP contribution in [-0.4, -0.2) is 81.7 Å². The van der Waals surface area contributed by atoms with E-state index < -0.39 is 35.6 Å². The maximum atomic E-state index is 12.5. The molecule has 9 rings (SSSR count). The van der Waals surface area contributed by atoms with Gasteiger partial charge in [0.05, 0.1) is 33.2 Å². The maximum Gasteiger partial charge on any atom is 0.167 e. The number of fused-ring (bicyclic) bond motifs is 1. The molecule has 2 N–H and O–H groups in total. The number of likely N-dealkylation sites (N-methyl/N-ethyl adjacent to an activating group) is 1. The molecule has 3 heterocycles. The van der Waals surface area contributed by atoms with Gasteiger partial charge in [-0.15, -0.1) is 0 Å². The molecule has 2 aromatic heterocycles. The molecule has 1 fully saturated rings. The molecule has 0 saturated carbocycles. The smallest absolute Gasteiger partial charge is 0.167 e. The number of hydrogen-bond acceptors (Lipinski definition) is 10. The first-order chi connectivity index (χ1) is 31.9. The molecule has 65 heavy (non-hydrogen) atoms. The summed E-state index contributed by atoms with van der Waals surface area (Å²) in [6.07, 6.45) is 0.961. The molecule has 8 aromatic rings. The first-order valence-corrected chi connectivity index (χ1v) is 22.1. The highest BCUT2D eigenvalue weighted by Crippen LogP contribution is 2.45. The molecule has 6 aromatic carbocycles. The van der Waals surface area contributed by atoms with E-state index in [1.165, 1.54) is 0 Å². The van der Waals surface area contributed by atoms with E-state index >= 15 is 0 Å². The molecule has 330 valence electrons. The number of methoxy groups -OCH3 is 2. The SMILES string of the molecule is CCN(CC)[C@@H]1[C@H](O)[C@@H](COC(c2ccccc2)(c2ccccc2)c2ccc(OC)cc2)O[C@H]1n1cnc2c(NC(c3ccccc3)(c3ccccc3)c3ccc(OC)cc3)ncnc21.